The van der Waals surface area contributed by atoms with Gasteiger partial charge in [0.05, 0.1) is 0 Å². The van der Waals surface area contributed by atoms with Crippen molar-refractivity contribution in [1.29, 1.82) is 0 Å². The maximum atomic E-state index is 12.9. The predicted octanol–water partition coefficient (Wildman–Crippen LogP) is 3.03. The summed E-state index contributed by atoms with van der Waals surface area (Å²) in [5.41, 5.74) is 2.47. The second kappa shape index (κ2) is 8.32. The van der Waals surface area contributed by atoms with Crippen LogP contribution in [0.25, 0.3) is 5.78 Å². The van der Waals surface area contributed by atoms with E-state index >= 15 is 0 Å². The zero-order chi connectivity index (χ0) is 22.9. The minimum Gasteiger partial charge on any atom is -0.345 e. The molecule has 0 aliphatic heterocycles. The fourth-order valence-electron chi connectivity index (χ4n) is 3.14. The van der Waals surface area contributed by atoms with Gasteiger partial charge in [-0.1, -0.05) is 6.07 Å². The number of hydrogen-bond donors (Lipinski definition) is 1. The molecule has 31 heavy (non-hydrogen) atoms. The average molecular weight is 434 g/mol. The molecule has 0 radical (unpaired) electrons. The molecular weight excluding hydrogens is 413 g/mol. The summed E-state index contributed by atoms with van der Waals surface area (Å²) in [5.74, 6) is -1.89. The second-order valence-electron chi connectivity index (χ2n) is 7.23. The number of nitrogens with one attached hydrogen (secondary N) is 1. The number of amides is 2. The van der Waals surface area contributed by atoms with Gasteiger partial charge in [0.1, 0.15) is 0 Å². The van der Waals surface area contributed by atoms with Crippen molar-refractivity contribution in [2.24, 2.45) is 0 Å². The minimum atomic E-state index is -4.67. The number of aryl methyl sites for hydroxylation is 2. The third-order valence-electron chi connectivity index (χ3n) is 4.70. The quantitative estimate of drug-likeness (QED) is 0.667. The Morgan fingerprint density at radius 2 is 1.87 bits per heavy atom. The van der Waals surface area contributed by atoms with Crippen LogP contribution in [0.5, 0.6) is 0 Å². The molecule has 3 aromatic rings. The summed E-state index contributed by atoms with van der Waals surface area (Å²) >= 11 is 0. The number of alkyl halides is 3. The van der Waals surface area contributed by atoms with Gasteiger partial charge in [-0.05, 0) is 44.0 Å². The highest BCUT2D eigenvalue weighted by Gasteiger charge is 2.37. The van der Waals surface area contributed by atoms with Crippen molar-refractivity contribution in [3.8, 4) is 0 Å². The van der Waals surface area contributed by atoms with Crippen LogP contribution in [0.1, 0.15) is 39.6 Å². The summed E-state index contributed by atoms with van der Waals surface area (Å²) in [7, 11) is 3.27. The van der Waals surface area contributed by atoms with Crippen LogP contribution in [0.2, 0.25) is 0 Å². The zero-order valence-electron chi connectivity index (χ0n) is 17.4. The van der Waals surface area contributed by atoms with E-state index in [4.69, 9.17) is 0 Å². The number of fused-ring (bicyclic) bond motifs is 1. The molecule has 0 unspecified atom stereocenters. The summed E-state index contributed by atoms with van der Waals surface area (Å²) in [6.45, 7) is 3.26. The van der Waals surface area contributed by atoms with E-state index in [0.717, 1.165) is 4.52 Å². The van der Waals surface area contributed by atoms with Gasteiger partial charge in [-0.2, -0.15) is 18.2 Å². The van der Waals surface area contributed by atoms with E-state index in [9.17, 15) is 22.8 Å². The van der Waals surface area contributed by atoms with Gasteiger partial charge >= 0.3 is 6.18 Å². The molecule has 164 valence electrons. The highest BCUT2D eigenvalue weighted by atomic mass is 19.4. The zero-order valence-corrected chi connectivity index (χ0v) is 17.4. The third kappa shape index (κ3) is 4.81. The Balaban J connectivity index is 1.74. The summed E-state index contributed by atoms with van der Waals surface area (Å²) in [4.78, 5) is 33.4. The normalized spacial score (nSPS) is 11.6. The van der Waals surface area contributed by atoms with Gasteiger partial charge in [0.15, 0.2) is 0 Å². The van der Waals surface area contributed by atoms with Crippen molar-refractivity contribution in [3.63, 3.8) is 0 Å². The molecule has 2 amide bonds. The Hall–Kier alpha value is -3.50. The van der Waals surface area contributed by atoms with E-state index in [1.807, 2.05) is 0 Å². The maximum absolute atomic E-state index is 12.9. The average Bonchev–Trinajstić information content (AvgIpc) is 3.12. The molecule has 0 spiro atoms. The Morgan fingerprint density at radius 3 is 2.52 bits per heavy atom. The SMILES string of the molecule is Cc1nc2nc(C(F)(F)F)nn2c(C)c1CCC(=O)Nc1cccc(C(=O)N(C)C)c1. The first-order chi connectivity index (χ1) is 14.5. The van der Waals surface area contributed by atoms with Gasteiger partial charge in [0, 0.05) is 43.2 Å². The van der Waals surface area contributed by atoms with Gasteiger partial charge in [-0.3, -0.25) is 9.59 Å². The first-order valence-electron chi connectivity index (χ1n) is 9.39. The predicted molar refractivity (Wildman–Crippen MR) is 107 cm³/mol. The van der Waals surface area contributed by atoms with Crippen molar-refractivity contribution < 1.29 is 22.8 Å². The van der Waals surface area contributed by atoms with Crippen LogP contribution >= 0.6 is 0 Å². The van der Waals surface area contributed by atoms with E-state index in [1.54, 1.807) is 52.2 Å². The molecule has 0 bridgehead atoms. The summed E-state index contributed by atoms with van der Waals surface area (Å²) in [6, 6.07) is 6.57. The minimum absolute atomic E-state index is 0.0710. The fraction of sp³-hybridized carbons (Fsp3) is 0.350. The largest absolute Gasteiger partial charge is 0.453 e. The summed E-state index contributed by atoms with van der Waals surface area (Å²) < 4.78 is 39.7. The number of halogens is 3. The number of aromatic nitrogens is 4. The smallest absolute Gasteiger partial charge is 0.345 e. The van der Waals surface area contributed by atoms with E-state index in [-0.39, 0.29) is 30.4 Å². The van der Waals surface area contributed by atoms with Crippen LogP contribution in [0.4, 0.5) is 18.9 Å². The van der Waals surface area contributed by atoms with Gasteiger partial charge in [-0.25, -0.2) is 9.50 Å². The molecule has 2 heterocycles. The molecule has 1 aromatic carbocycles. The lowest BCUT2D eigenvalue weighted by molar-refractivity contribution is -0.144. The third-order valence-corrected chi connectivity index (χ3v) is 4.70. The van der Waals surface area contributed by atoms with Crippen molar-refractivity contribution in [1.82, 2.24) is 24.5 Å². The molecule has 3 rings (SSSR count). The van der Waals surface area contributed by atoms with Crippen LogP contribution in [0, 0.1) is 13.8 Å². The Bertz CT molecular complexity index is 1150. The van der Waals surface area contributed by atoms with Gasteiger partial charge < -0.3 is 10.2 Å². The summed E-state index contributed by atoms with van der Waals surface area (Å²) in [5, 5.41) is 6.23. The van der Waals surface area contributed by atoms with Gasteiger partial charge in [0.2, 0.25) is 5.91 Å². The molecular formula is C20H21F3N6O2. The first kappa shape index (κ1) is 22.2. The molecule has 8 nitrogen and oxygen atoms in total. The molecule has 2 aromatic heterocycles. The van der Waals surface area contributed by atoms with E-state index in [0.29, 0.717) is 28.2 Å². The summed E-state index contributed by atoms with van der Waals surface area (Å²) in [6.07, 6.45) is -4.35. The number of anilines is 1. The molecule has 1 N–H and O–H groups in total. The van der Waals surface area contributed by atoms with Crippen LogP contribution in [0.3, 0.4) is 0 Å². The fourth-order valence-corrected chi connectivity index (χ4v) is 3.14. The number of nitrogens with zero attached hydrogens (tertiary/aromatic N) is 5. The highest BCUT2D eigenvalue weighted by Crippen LogP contribution is 2.27. The molecule has 11 heteroatoms. The van der Waals surface area contributed by atoms with Crippen LogP contribution in [-0.4, -0.2) is 50.4 Å². The number of rotatable bonds is 5. The molecule has 0 fully saturated rings. The van der Waals surface area contributed by atoms with Gasteiger partial charge in [0.25, 0.3) is 17.5 Å². The van der Waals surface area contributed by atoms with Crippen LogP contribution in [-0.2, 0) is 17.4 Å². The lowest BCUT2D eigenvalue weighted by atomic mass is 10.1. The topological polar surface area (TPSA) is 92.5 Å². The monoisotopic (exact) mass is 434 g/mol. The maximum Gasteiger partial charge on any atom is 0.453 e. The number of benzene rings is 1. The molecule has 0 aliphatic rings. The van der Waals surface area contributed by atoms with E-state index in [1.165, 1.54) is 4.90 Å². The van der Waals surface area contributed by atoms with Crippen LogP contribution < -0.4 is 5.32 Å². The van der Waals surface area contributed by atoms with E-state index < -0.39 is 12.0 Å². The van der Waals surface area contributed by atoms with Crippen molar-refractivity contribution in [2.75, 3.05) is 19.4 Å². The molecule has 0 atom stereocenters. The van der Waals surface area contributed by atoms with Crippen LogP contribution in [0.15, 0.2) is 24.3 Å². The van der Waals surface area contributed by atoms with E-state index in [2.05, 4.69) is 20.4 Å². The number of hydrogen-bond acceptors (Lipinski definition) is 5. The van der Waals surface area contributed by atoms with Crippen molar-refractivity contribution >= 4 is 23.3 Å². The standard InChI is InChI=1S/C20H21F3N6O2/c1-11-15(12(2)29-19(24-11)26-18(27-29)20(21,22)23)8-9-16(30)25-14-7-5-6-13(10-14)17(31)28(3)4/h5-7,10H,8-9H2,1-4H3,(H,25,30). The molecule has 0 saturated heterocycles. The molecule has 0 saturated carbocycles. The van der Waals surface area contributed by atoms with Crippen molar-refractivity contribution in [3.05, 3.63) is 52.6 Å². The number of carbonyl (C=O) groups excluding carboxylic acids is 2. The lowest BCUT2D eigenvalue weighted by Crippen LogP contribution is -2.22. The highest BCUT2D eigenvalue weighted by molar-refractivity contribution is 5.97. The Morgan fingerprint density at radius 1 is 1.16 bits per heavy atom. The Labute approximate surface area is 176 Å². The number of carbonyl (C=O) groups is 2. The lowest BCUT2D eigenvalue weighted by Gasteiger charge is -2.12. The molecule has 0 aliphatic carbocycles. The second-order valence-corrected chi connectivity index (χ2v) is 7.23. The van der Waals surface area contributed by atoms with Gasteiger partial charge in [-0.15, -0.1) is 5.10 Å². The first-order valence-corrected chi connectivity index (χ1v) is 9.39. The Kier molecular flexibility index (Phi) is 5.96. The van der Waals surface area contributed by atoms with Crippen molar-refractivity contribution in [2.45, 2.75) is 32.9 Å².